The van der Waals surface area contributed by atoms with Crippen LogP contribution in [0.3, 0.4) is 0 Å². The van der Waals surface area contributed by atoms with Gasteiger partial charge in [-0.3, -0.25) is 9.78 Å². The predicted octanol–water partition coefficient (Wildman–Crippen LogP) is 8.82. The molecule has 5 heteroatoms. The Morgan fingerprint density at radius 2 is 1.36 bits per heavy atom. The number of hydrogen-bond acceptors (Lipinski definition) is 5. The van der Waals surface area contributed by atoms with Gasteiger partial charge in [-0.05, 0) is 77.8 Å². The molecule has 0 amide bonds. The number of carbonyl (C=O) groups excluding carboxylic acids is 2. The third kappa shape index (κ3) is 19.3. The molecule has 0 spiro atoms. The van der Waals surface area contributed by atoms with E-state index in [-0.39, 0.29) is 12.1 Å². The highest BCUT2D eigenvalue weighted by Gasteiger charge is 2.27. The molecule has 1 atom stereocenters. The summed E-state index contributed by atoms with van der Waals surface area (Å²) in [7, 11) is 0. The molecule has 0 saturated heterocycles. The number of rotatable bonds is 19. The zero-order valence-electron chi connectivity index (χ0n) is 24.3. The first kappa shape index (κ1) is 33.6. The Hall–Kier alpha value is -3.47. The Labute approximate surface area is 236 Å². The minimum atomic E-state index is -0.770. The maximum atomic E-state index is 12.3. The molecule has 1 aromatic heterocycles. The lowest BCUT2D eigenvalue weighted by Crippen LogP contribution is -2.33. The van der Waals surface area contributed by atoms with Crippen LogP contribution in [-0.2, 0) is 14.3 Å². The van der Waals surface area contributed by atoms with E-state index in [1.807, 2.05) is 26.8 Å². The van der Waals surface area contributed by atoms with Crippen LogP contribution in [0.15, 0.2) is 97.4 Å². The van der Waals surface area contributed by atoms with E-state index in [4.69, 9.17) is 9.47 Å². The highest BCUT2D eigenvalue weighted by molar-refractivity contribution is 5.89. The Kier molecular flexibility index (Phi) is 18.5. The molecule has 0 radical (unpaired) electrons. The number of aromatic nitrogens is 1. The number of allylic oxidation sites excluding steroid dienone is 12. The van der Waals surface area contributed by atoms with Crippen molar-refractivity contribution in [3.63, 3.8) is 0 Å². The van der Waals surface area contributed by atoms with E-state index in [9.17, 15) is 9.59 Å². The second-order valence-electron chi connectivity index (χ2n) is 9.85. The normalized spacial score (nSPS) is 13.5. The third-order valence-corrected chi connectivity index (χ3v) is 5.49. The van der Waals surface area contributed by atoms with Gasteiger partial charge in [0.1, 0.15) is 11.7 Å². The second kappa shape index (κ2) is 21.5. The molecule has 0 aliphatic carbocycles. The van der Waals surface area contributed by atoms with Gasteiger partial charge in [-0.25, -0.2) is 4.79 Å². The van der Waals surface area contributed by atoms with Crippen molar-refractivity contribution in [3.8, 4) is 0 Å². The second-order valence-corrected chi connectivity index (χ2v) is 9.85. The number of carbonyl (C=O) groups is 2. The van der Waals surface area contributed by atoms with Gasteiger partial charge in [0.25, 0.3) is 0 Å². The van der Waals surface area contributed by atoms with E-state index in [1.165, 1.54) is 6.20 Å². The molecule has 212 valence electrons. The van der Waals surface area contributed by atoms with Crippen LogP contribution in [0.1, 0.15) is 95.8 Å². The average Bonchev–Trinajstić information content (AvgIpc) is 2.89. The van der Waals surface area contributed by atoms with E-state index in [0.717, 1.165) is 38.5 Å². The summed E-state index contributed by atoms with van der Waals surface area (Å²) >= 11 is 0. The first-order valence-corrected chi connectivity index (χ1v) is 14.1. The average molecular weight is 534 g/mol. The van der Waals surface area contributed by atoms with Gasteiger partial charge in [0.05, 0.1) is 5.56 Å². The Morgan fingerprint density at radius 1 is 0.846 bits per heavy atom. The molecule has 5 nitrogen and oxygen atoms in total. The molecule has 39 heavy (non-hydrogen) atoms. The quantitative estimate of drug-likeness (QED) is 0.131. The molecule has 0 bridgehead atoms. The van der Waals surface area contributed by atoms with Gasteiger partial charge in [-0.15, -0.1) is 0 Å². The van der Waals surface area contributed by atoms with Gasteiger partial charge in [-0.2, -0.15) is 0 Å². The van der Waals surface area contributed by atoms with Crippen LogP contribution >= 0.6 is 0 Å². The minimum Gasteiger partial charge on any atom is -0.462 e. The van der Waals surface area contributed by atoms with E-state index in [0.29, 0.717) is 24.8 Å². The van der Waals surface area contributed by atoms with Crippen LogP contribution in [0.2, 0.25) is 0 Å². The molecule has 1 rings (SSSR count). The van der Waals surface area contributed by atoms with Crippen LogP contribution in [0, 0.1) is 0 Å². The number of esters is 2. The fourth-order valence-corrected chi connectivity index (χ4v) is 3.69. The van der Waals surface area contributed by atoms with Gasteiger partial charge in [0.2, 0.25) is 0 Å². The van der Waals surface area contributed by atoms with Gasteiger partial charge >= 0.3 is 11.9 Å². The van der Waals surface area contributed by atoms with Crippen molar-refractivity contribution in [2.45, 2.75) is 97.2 Å². The van der Waals surface area contributed by atoms with Gasteiger partial charge in [0.15, 0.2) is 0 Å². The molecule has 0 aliphatic rings. The summed E-state index contributed by atoms with van der Waals surface area (Å²) in [6.07, 6.45) is 35.8. The number of hydrogen-bond donors (Lipinski definition) is 0. The van der Waals surface area contributed by atoms with Gasteiger partial charge in [0, 0.05) is 25.2 Å². The van der Waals surface area contributed by atoms with Gasteiger partial charge < -0.3 is 9.47 Å². The number of ether oxygens (including phenoxy) is 2. The van der Waals surface area contributed by atoms with Crippen LogP contribution in [0.5, 0.6) is 0 Å². The summed E-state index contributed by atoms with van der Waals surface area (Å²) in [5.41, 5.74) is -0.375. The highest BCUT2D eigenvalue weighted by Crippen LogP contribution is 2.21. The van der Waals surface area contributed by atoms with E-state index >= 15 is 0 Å². The molecule has 0 saturated carbocycles. The smallest absolute Gasteiger partial charge is 0.340 e. The van der Waals surface area contributed by atoms with Crippen molar-refractivity contribution in [3.05, 3.63) is 103 Å². The summed E-state index contributed by atoms with van der Waals surface area (Å²) in [4.78, 5) is 28.4. The van der Waals surface area contributed by atoms with E-state index in [1.54, 1.807) is 18.3 Å². The maximum absolute atomic E-state index is 12.3. The van der Waals surface area contributed by atoms with E-state index in [2.05, 4.69) is 78.7 Å². The van der Waals surface area contributed by atoms with Gasteiger partial charge in [-0.1, -0.05) is 79.8 Å². The molecule has 1 unspecified atom stereocenters. The van der Waals surface area contributed by atoms with Crippen molar-refractivity contribution in [1.29, 1.82) is 0 Å². The van der Waals surface area contributed by atoms with Crippen molar-refractivity contribution >= 4 is 11.9 Å². The van der Waals surface area contributed by atoms with Crippen LogP contribution in [0.4, 0.5) is 0 Å². The van der Waals surface area contributed by atoms with Crippen molar-refractivity contribution in [1.82, 2.24) is 4.98 Å². The number of pyridine rings is 1. The monoisotopic (exact) mass is 533 g/mol. The largest absolute Gasteiger partial charge is 0.462 e. The fraction of sp³-hybridized carbons (Fsp3) is 0.441. The molecule has 1 aromatic rings. The van der Waals surface area contributed by atoms with Crippen molar-refractivity contribution in [2.24, 2.45) is 0 Å². The lowest BCUT2D eigenvalue weighted by atomic mass is 10.0. The Morgan fingerprint density at radius 3 is 1.85 bits per heavy atom. The Balaban J connectivity index is 2.12. The van der Waals surface area contributed by atoms with E-state index < -0.39 is 11.6 Å². The number of nitrogens with zero attached hydrogens (tertiary/aromatic N) is 1. The lowest BCUT2D eigenvalue weighted by Gasteiger charge is -2.28. The SMILES string of the molecule is CCC=CCC=CCC=CCC=CCC=CCC=CCCC(=O)OC(C)CC(C)(C)OC(=O)c1cccnc1. The molecular formula is C34H47NO4. The summed E-state index contributed by atoms with van der Waals surface area (Å²) < 4.78 is 11.1. The molecular weight excluding hydrogens is 486 g/mol. The minimum absolute atomic E-state index is 0.253. The predicted molar refractivity (Wildman–Crippen MR) is 161 cm³/mol. The van der Waals surface area contributed by atoms with Crippen LogP contribution < -0.4 is 0 Å². The molecule has 0 N–H and O–H groups in total. The lowest BCUT2D eigenvalue weighted by molar-refractivity contribution is -0.150. The van der Waals surface area contributed by atoms with Crippen LogP contribution in [0.25, 0.3) is 0 Å². The fourth-order valence-electron chi connectivity index (χ4n) is 3.69. The standard InChI is InChI=1S/C34H47NO4/c1-5-6-7-8-9-10-11-12-13-14-15-16-17-18-19-20-21-22-23-26-32(36)38-30(2)28-34(3,4)39-33(37)31-25-24-27-35-29-31/h6-7,9-10,12-13,15-16,18-19,21-22,24-25,27,29-30H,5,8,11,14,17,20,23,26,28H2,1-4H3. The molecule has 0 aromatic carbocycles. The third-order valence-electron chi connectivity index (χ3n) is 5.49. The zero-order valence-corrected chi connectivity index (χ0v) is 24.3. The Bertz CT molecular complexity index is 984. The van der Waals surface area contributed by atoms with Crippen molar-refractivity contribution in [2.75, 3.05) is 0 Å². The highest BCUT2D eigenvalue weighted by atomic mass is 16.6. The molecule has 1 heterocycles. The first-order chi connectivity index (χ1) is 18.8. The molecule has 0 aliphatic heterocycles. The summed E-state index contributed by atoms with van der Waals surface area (Å²) in [5, 5.41) is 0. The summed E-state index contributed by atoms with van der Waals surface area (Å²) in [6.45, 7) is 7.58. The maximum Gasteiger partial charge on any atom is 0.340 e. The topological polar surface area (TPSA) is 65.5 Å². The zero-order chi connectivity index (χ0) is 28.6. The van der Waals surface area contributed by atoms with Crippen molar-refractivity contribution < 1.29 is 19.1 Å². The van der Waals surface area contributed by atoms with Crippen LogP contribution in [-0.4, -0.2) is 28.6 Å². The summed E-state index contributed by atoms with van der Waals surface area (Å²) in [5.74, 6) is -0.694. The summed E-state index contributed by atoms with van der Waals surface area (Å²) in [6, 6.07) is 3.34. The molecule has 0 fully saturated rings. The first-order valence-electron chi connectivity index (χ1n) is 14.1.